The van der Waals surface area contributed by atoms with E-state index in [4.69, 9.17) is 4.98 Å². The Balaban J connectivity index is 1.19. The molecule has 0 fully saturated rings. The van der Waals surface area contributed by atoms with Gasteiger partial charge in [-0.3, -0.25) is 19.4 Å². The SMILES string of the molecule is O=C1CC(=O)c2c(CCc3ccc4cc5c(cc4n3)CC3(C5)C(=O)Nc4ncccc43)cccc21. The summed E-state index contributed by atoms with van der Waals surface area (Å²) in [5.41, 5.74) is 6.62. The molecule has 6 nitrogen and oxygen atoms in total. The fourth-order valence-corrected chi connectivity index (χ4v) is 6.04. The van der Waals surface area contributed by atoms with E-state index in [0.717, 1.165) is 33.3 Å². The molecule has 6 heteroatoms. The van der Waals surface area contributed by atoms with E-state index >= 15 is 0 Å². The van der Waals surface area contributed by atoms with Gasteiger partial charge in [-0.15, -0.1) is 0 Å². The van der Waals surface area contributed by atoms with E-state index in [1.54, 1.807) is 12.3 Å². The number of rotatable bonds is 3. The molecule has 1 N–H and O–H groups in total. The third kappa shape index (κ3) is 2.92. The van der Waals surface area contributed by atoms with Crippen molar-refractivity contribution in [3.8, 4) is 0 Å². The summed E-state index contributed by atoms with van der Waals surface area (Å²) in [5, 5.41) is 4.01. The van der Waals surface area contributed by atoms with E-state index in [1.165, 1.54) is 5.56 Å². The van der Waals surface area contributed by atoms with Gasteiger partial charge < -0.3 is 5.32 Å². The average Bonchev–Trinajstić information content (AvgIpc) is 3.47. The molecule has 1 atom stereocenters. The highest BCUT2D eigenvalue weighted by atomic mass is 16.2. The first-order valence-electron chi connectivity index (χ1n) is 11.9. The highest BCUT2D eigenvalue weighted by Gasteiger charge is 2.51. The monoisotopic (exact) mass is 459 g/mol. The van der Waals surface area contributed by atoms with Crippen LogP contribution in [0.2, 0.25) is 0 Å². The first-order chi connectivity index (χ1) is 17.0. The third-order valence-electron chi connectivity index (χ3n) is 7.74. The van der Waals surface area contributed by atoms with Gasteiger partial charge in [0.15, 0.2) is 11.6 Å². The molecule has 1 unspecified atom stereocenters. The number of benzene rings is 2. The summed E-state index contributed by atoms with van der Waals surface area (Å²) in [7, 11) is 0. The number of amides is 1. The zero-order valence-corrected chi connectivity index (χ0v) is 18.9. The Kier molecular flexibility index (Phi) is 4.13. The lowest BCUT2D eigenvalue weighted by atomic mass is 9.79. The van der Waals surface area contributed by atoms with Gasteiger partial charge in [0.25, 0.3) is 0 Å². The summed E-state index contributed by atoms with van der Waals surface area (Å²) in [6, 6.07) is 17.8. The van der Waals surface area contributed by atoms with Crippen LogP contribution in [0.25, 0.3) is 10.9 Å². The van der Waals surface area contributed by atoms with E-state index in [0.29, 0.717) is 42.6 Å². The van der Waals surface area contributed by atoms with Crippen molar-refractivity contribution >= 4 is 34.2 Å². The van der Waals surface area contributed by atoms with Crippen molar-refractivity contribution in [1.82, 2.24) is 9.97 Å². The van der Waals surface area contributed by atoms with Gasteiger partial charge in [-0.1, -0.05) is 30.3 Å². The Hall–Kier alpha value is -4.19. The van der Waals surface area contributed by atoms with Gasteiger partial charge in [0.1, 0.15) is 5.82 Å². The molecular weight excluding hydrogens is 438 g/mol. The number of hydrogen-bond acceptors (Lipinski definition) is 5. The van der Waals surface area contributed by atoms with Gasteiger partial charge in [0, 0.05) is 34.0 Å². The number of nitrogens with zero attached hydrogens (tertiary/aromatic N) is 2. The Morgan fingerprint density at radius 3 is 2.63 bits per heavy atom. The number of Topliss-reactive ketones (excluding diaryl/α,β-unsaturated/α-hetero) is 2. The number of pyridine rings is 2. The predicted molar refractivity (Wildman–Crippen MR) is 131 cm³/mol. The quantitative estimate of drug-likeness (QED) is 0.465. The number of carbonyl (C=O) groups is 3. The molecule has 0 saturated heterocycles. The molecule has 0 saturated carbocycles. The normalized spacial score (nSPS) is 19.8. The van der Waals surface area contributed by atoms with Crippen molar-refractivity contribution in [2.75, 3.05) is 5.32 Å². The molecular formula is C29H21N3O3. The number of nitrogens with one attached hydrogen (secondary N) is 1. The van der Waals surface area contributed by atoms with Gasteiger partial charge in [-0.2, -0.15) is 0 Å². The number of ketones is 2. The number of aryl methyl sites for hydroxylation is 2. The van der Waals surface area contributed by atoms with Crippen LogP contribution in [0.1, 0.15) is 55.1 Å². The van der Waals surface area contributed by atoms with E-state index in [1.807, 2.05) is 30.3 Å². The molecule has 0 bridgehead atoms. The van der Waals surface area contributed by atoms with E-state index in [-0.39, 0.29) is 23.9 Å². The highest BCUT2D eigenvalue weighted by Crippen LogP contribution is 2.47. The zero-order valence-electron chi connectivity index (χ0n) is 18.9. The lowest BCUT2D eigenvalue weighted by Crippen LogP contribution is -2.35. The fraction of sp³-hybridized carbons (Fsp3) is 0.207. The third-order valence-corrected chi connectivity index (χ3v) is 7.74. The van der Waals surface area contributed by atoms with Gasteiger partial charge in [-0.25, -0.2) is 4.98 Å². The number of anilines is 1. The van der Waals surface area contributed by atoms with Crippen LogP contribution in [-0.4, -0.2) is 27.4 Å². The molecule has 1 aliphatic heterocycles. The van der Waals surface area contributed by atoms with Crippen LogP contribution >= 0.6 is 0 Å². The molecule has 2 aliphatic carbocycles. The van der Waals surface area contributed by atoms with Crippen molar-refractivity contribution in [3.05, 3.63) is 99.9 Å². The fourth-order valence-electron chi connectivity index (χ4n) is 6.04. The summed E-state index contributed by atoms with van der Waals surface area (Å²) in [4.78, 5) is 46.7. The minimum Gasteiger partial charge on any atom is -0.310 e. The molecule has 1 amide bonds. The van der Waals surface area contributed by atoms with Crippen LogP contribution in [-0.2, 0) is 35.9 Å². The lowest BCUT2D eigenvalue weighted by Gasteiger charge is -2.20. The van der Waals surface area contributed by atoms with Crippen molar-refractivity contribution < 1.29 is 14.4 Å². The average molecular weight is 460 g/mol. The van der Waals surface area contributed by atoms with Crippen LogP contribution in [0.5, 0.6) is 0 Å². The van der Waals surface area contributed by atoms with Crippen molar-refractivity contribution in [1.29, 1.82) is 0 Å². The maximum Gasteiger partial charge on any atom is 0.237 e. The Bertz CT molecular complexity index is 1620. The summed E-state index contributed by atoms with van der Waals surface area (Å²) in [6.07, 6.45) is 4.32. The molecule has 1 spiro atoms. The van der Waals surface area contributed by atoms with E-state index < -0.39 is 5.41 Å². The van der Waals surface area contributed by atoms with E-state index in [2.05, 4.69) is 28.5 Å². The number of hydrogen-bond donors (Lipinski definition) is 1. The van der Waals surface area contributed by atoms with Crippen LogP contribution in [0.15, 0.2) is 60.8 Å². The second-order valence-corrected chi connectivity index (χ2v) is 9.77. The van der Waals surface area contributed by atoms with Gasteiger partial charge in [0.2, 0.25) is 5.91 Å². The molecule has 3 aliphatic rings. The first kappa shape index (κ1) is 20.2. The molecule has 2 aromatic heterocycles. The second kappa shape index (κ2) is 7.15. The van der Waals surface area contributed by atoms with Crippen molar-refractivity contribution in [2.45, 2.75) is 37.5 Å². The summed E-state index contributed by atoms with van der Waals surface area (Å²) in [6.45, 7) is 0. The molecule has 3 heterocycles. The first-order valence-corrected chi connectivity index (χ1v) is 11.9. The van der Waals surface area contributed by atoms with Crippen molar-refractivity contribution in [2.24, 2.45) is 0 Å². The summed E-state index contributed by atoms with van der Waals surface area (Å²) < 4.78 is 0. The van der Waals surface area contributed by atoms with Crippen LogP contribution < -0.4 is 5.32 Å². The van der Waals surface area contributed by atoms with Crippen molar-refractivity contribution in [3.63, 3.8) is 0 Å². The molecule has 35 heavy (non-hydrogen) atoms. The molecule has 7 rings (SSSR count). The van der Waals surface area contributed by atoms with Crippen LogP contribution in [0.4, 0.5) is 5.82 Å². The smallest absolute Gasteiger partial charge is 0.237 e. The topological polar surface area (TPSA) is 89.0 Å². The van der Waals surface area contributed by atoms with Gasteiger partial charge >= 0.3 is 0 Å². The minimum atomic E-state index is -0.593. The van der Waals surface area contributed by atoms with Gasteiger partial charge in [0.05, 0.1) is 17.4 Å². The molecule has 4 aromatic rings. The Morgan fingerprint density at radius 1 is 0.886 bits per heavy atom. The lowest BCUT2D eigenvalue weighted by molar-refractivity contribution is -0.120. The summed E-state index contributed by atoms with van der Waals surface area (Å²) >= 11 is 0. The number of aromatic nitrogens is 2. The maximum absolute atomic E-state index is 13.0. The largest absolute Gasteiger partial charge is 0.310 e. The predicted octanol–water partition coefficient (Wildman–Crippen LogP) is 4.17. The molecule has 170 valence electrons. The summed E-state index contributed by atoms with van der Waals surface area (Å²) in [5.74, 6) is 0.521. The zero-order chi connectivity index (χ0) is 23.7. The Morgan fingerprint density at radius 2 is 1.74 bits per heavy atom. The minimum absolute atomic E-state index is 0.0172. The number of carbonyl (C=O) groups excluding carboxylic acids is 3. The Labute approximate surface area is 201 Å². The van der Waals surface area contributed by atoms with E-state index in [9.17, 15) is 14.4 Å². The highest BCUT2D eigenvalue weighted by molar-refractivity contribution is 6.24. The van der Waals surface area contributed by atoms with Crippen LogP contribution in [0, 0.1) is 0 Å². The molecule has 0 radical (unpaired) electrons. The second-order valence-electron chi connectivity index (χ2n) is 9.77. The van der Waals surface area contributed by atoms with Gasteiger partial charge in [-0.05, 0) is 66.6 Å². The molecule has 2 aromatic carbocycles. The van der Waals surface area contributed by atoms with Crippen LogP contribution in [0.3, 0.4) is 0 Å². The maximum atomic E-state index is 13.0. The number of fused-ring (bicyclic) bond motifs is 5. The standard InChI is InChI=1S/C29H21N3O3/c33-24-13-25(34)26-16(3-1-4-21(24)26)6-8-20-9-7-17-11-18-14-29(15-19(18)12-23(17)31-20)22-5-2-10-30-27(22)32-28(29)35/h1-5,7,9-12H,6,8,13-15H2,(H,30,32,35).